The van der Waals surface area contributed by atoms with Gasteiger partial charge in [0.25, 0.3) is 11.5 Å². The lowest BCUT2D eigenvalue weighted by molar-refractivity contribution is 0.0927. The van der Waals surface area contributed by atoms with E-state index in [1.165, 1.54) is 15.9 Å². The van der Waals surface area contributed by atoms with Crippen LogP contribution >= 0.6 is 0 Å². The number of hydrogen-bond acceptors (Lipinski definition) is 4. The summed E-state index contributed by atoms with van der Waals surface area (Å²) >= 11 is 0. The third-order valence-corrected chi connectivity index (χ3v) is 6.26. The number of nitrogens with zero attached hydrogens (tertiary/aromatic N) is 4. The molecule has 5 rings (SSSR count). The zero-order valence-electron chi connectivity index (χ0n) is 18.7. The van der Waals surface area contributed by atoms with Crippen LogP contribution < -0.4 is 10.9 Å². The van der Waals surface area contributed by atoms with Gasteiger partial charge >= 0.3 is 0 Å². The SMILES string of the molecule is CCCn1nc(C(=O)NC2CCCc3c2cnn3Cc2ccccc2)c2ccccc2c1=O. The number of carbonyl (C=O) groups excluding carboxylic acids is 1. The van der Waals surface area contributed by atoms with Crippen LogP contribution in [-0.2, 0) is 19.5 Å². The predicted octanol–water partition coefficient (Wildman–Crippen LogP) is 3.86. The van der Waals surface area contributed by atoms with Gasteiger partial charge in [0.1, 0.15) is 0 Å². The fourth-order valence-electron chi connectivity index (χ4n) is 4.65. The summed E-state index contributed by atoms with van der Waals surface area (Å²) in [5.41, 5.74) is 3.57. The molecule has 1 aliphatic carbocycles. The summed E-state index contributed by atoms with van der Waals surface area (Å²) < 4.78 is 3.44. The maximum atomic E-state index is 13.4. The van der Waals surface area contributed by atoms with Crippen molar-refractivity contribution in [3.8, 4) is 0 Å². The van der Waals surface area contributed by atoms with Gasteiger partial charge < -0.3 is 5.32 Å². The Bertz CT molecular complexity index is 1360. The van der Waals surface area contributed by atoms with Crippen LogP contribution in [0.5, 0.6) is 0 Å². The van der Waals surface area contributed by atoms with Crippen LogP contribution in [0, 0.1) is 0 Å². The van der Waals surface area contributed by atoms with Gasteiger partial charge in [0.2, 0.25) is 0 Å². The normalized spacial score (nSPS) is 15.4. The van der Waals surface area contributed by atoms with Gasteiger partial charge in [0, 0.05) is 23.2 Å². The minimum absolute atomic E-state index is 0.127. The van der Waals surface area contributed by atoms with Gasteiger partial charge in [-0.2, -0.15) is 10.2 Å². The molecule has 0 aliphatic heterocycles. The third kappa shape index (κ3) is 4.06. The molecule has 168 valence electrons. The van der Waals surface area contributed by atoms with E-state index in [2.05, 4.69) is 27.6 Å². The molecule has 33 heavy (non-hydrogen) atoms. The molecule has 1 atom stereocenters. The average molecular weight is 442 g/mol. The molecule has 0 saturated carbocycles. The second-order valence-corrected chi connectivity index (χ2v) is 8.53. The Morgan fingerprint density at radius 3 is 2.61 bits per heavy atom. The monoisotopic (exact) mass is 441 g/mol. The molecule has 2 heterocycles. The minimum atomic E-state index is -0.260. The highest BCUT2D eigenvalue weighted by atomic mass is 16.2. The number of aryl methyl sites for hydroxylation is 1. The van der Waals surface area contributed by atoms with Crippen molar-refractivity contribution in [1.29, 1.82) is 0 Å². The molecule has 7 nitrogen and oxygen atoms in total. The molecular weight excluding hydrogens is 414 g/mol. The van der Waals surface area contributed by atoms with Crippen LogP contribution in [0.25, 0.3) is 10.8 Å². The van der Waals surface area contributed by atoms with Gasteiger partial charge in [0.05, 0.1) is 24.2 Å². The van der Waals surface area contributed by atoms with Gasteiger partial charge in [0.15, 0.2) is 5.69 Å². The lowest BCUT2D eigenvalue weighted by atomic mass is 9.92. The number of nitrogens with one attached hydrogen (secondary N) is 1. The molecule has 0 fully saturated rings. The summed E-state index contributed by atoms with van der Waals surface area (Å²) in [4.78, 5) is 26.1. The van der Waals surface area contributed by atoms with Crippen LogP contribution in [0.15, 0.2) is 65.6 Å². The largest absolute Gasteiger partial charge is 0.344 e. The Balaban J connectivity index is 1.45. The van der Waals surface area contributed by atoms with E-state index in [0.29, 0.717) is 29.6 Å². The molecule has 1 amide bonds. The number of carbonyl (C=O) groups is 1. The number of amides is 1. The summed E-state index contributed by atoms with van der Waals surface area (Å²) in [6.07, 6.45) is 5.41. The fraction of sp³-hybridized carbons (Fsp3) is 0.308. The predicted molar refractivity (Wildman–Crippen MR) is 127 cm³/mol. The van der Waals surface area contributed by atoms with Crippen molar-refractivity contribution in [3.05, 3.63) is 93.7 Å². The third-order valence-electron chi connectivity index (χ3n) is 6.26. The fourth-order valence-corrected chi connectivity index (χ4v) is 4.65. The average Bonchev–Trinajstić information content (AvgIpc) is 3.25. The maximum absolute atomic E-state index is 13.4. The van der Waals surface area contributed by atoms with Crippen molar-refractivity contribution in [1.82, 2.24) is 24.9 Å². The second kappa shape index (κ2) is 9.02. The van der Waals surface area contributed by atoms with Crippen LogP contribution in [-0.4, -0.2) is 25.5 Å². The smallest absolute Gasteiger partial charge is 0.274 e. The Morgan fingerprint density at radius 2 is 1.82 bits per heavy atom. The molecule has 2 aromatic carbocycles. The first-order chi connectivity index (χ1) is 16.2. The quantitative estimate of drug-likeness (QED) is 0.493. The summed E-state index contributed by atoms with van der Waals surface area (Å²) in [6, 6.07) is 17.3. The lowest BCUT2D eigenvalue weighted by Crippen LogP contribution is -2.34. The summed E-state index contributed by atoms with van der Waals surface area (Å²) in [6.45, 7) is 3.18. The van der Waals surface area contributed by atoms with E-state index in [4.69, 9.17) is 0 Å². The Hall–Kier alpha value is -3.74. The molecule has 0 saturated heterocycles. The zero-order chi connectivity index (χ0) is 22.8. The molecule has 1 N–H and O–H groups in total. The first-order valence-corrected chi connectivity index (χ1v) is 11.5. The number of benzene rings is 2. The van der Waals surface area contributed by atoms with E-state index in [1.54, 1.807) is 12.1 Å². The van der Waals surface area contributed by atoms with E-state index in [9.17, 15) is 9.59 Å². The van der Waals surface area contributed by atoms with E-state index < -0.39 is 0 Å². The molecule has 1 aliphatic rings. The van der Waals surface area contributed by atoms with E-state index in [1.807, 2.05) is 48.1 Å². The van der Waals surface area contributed by atoms with E-state index in [-0.39, 0.29) is 17.5 Å². The molecule has 4 aromatic rings. The molecule has 0 spiro atoms. The van der Waals surface area contributed by atoms with Gasteiger partial charge in [-0.05, 0) is 37.3 Å². The highest BCUT2D eigenvalue weighted by Gasteiger charge is 2.27. The second-order valence-electron chi connectivity index (χ2n) is 8.53. The Labute approximate surface area is 192 Å². The van der Waals surface area contributed by atoms with Crippen molar-refractivity contribution in [2.45, 2.75) is 51.7 Å². The highest BCUT2D eigenvalue weighted by molar-refractivity contribution is 6.04. The molecule has 2 aromatic heterocycles. The van der Waals surface area contributed by atoms with Crippen LogP contribution in [0.4, 0.5) is 0 Å². The molecule has 0 radical (unpaired) electrons. The molecule has 7 heteroatoms. The van der Waals surface area contributed by atoms with Crippen molar-refractivity contribution in [2.24, 2.45) is 0 Å². The maximum Gasteiger partial charge on any atom is 0.274 e. The standard InChI is InChI=1S/C26H27N5O2/c1-2-15-30-26(33)20-12-7-6-11-19(20)24(29-30)25(32)28-22-13-8-14-23-21(22)16-27-31(23)17-18-9-4-3-5-10-18/h3-7,9-12,16,22H,2,8,13-15,17H2,1H3,(H,28,32). The highest BCUT2D eigenvalue weighted by Crippen LogP contribution is 2.30. The number of fused-ring (bicyclic) bond motifs is 2. The van der Waals surface area contributed by atoms with Crippen molar-refractivity contribution < 1.29 is 4.79 Å². The first-order valence-electron chi connectivity index (χ1n) is 11.5. The number of rotatable bonds is 6. The van der Waals surface area contributed by atoms with Gasteiger partial charge in [-0.15, -0.1) is 0 Å². The van der Waals surface area contributed by atoms with Crippen molar-refractivity contribution in [2.75, 3.05) is 0 Å². The molecule has 0 bridgehead atoms. The number of aromatic nitrogens is 4. The summed E-state index contributed by atoms with van der Waals surface area (Å²) in [5.74, 6) is -0.260. The summed E-state index contributed by atoms with van der Waals surface area (Å²) in [5, 5.41) is 13.4. The number of hydrogen-bond donors (Lipinski definition) is 1. The van der Waals surface area contributed by atoms with E-state index >= 15 is 0 Å². The van der Waals surface area contributed by atoms with E-state index in [0.717, 1.165) is 31.2 Å². The summed E-state index contributed by atoms with van der Waals surface area (Å²) in [7, 11) is 0. The first kappa shape index (κ1) is 21.1. The lowest BCUT2D eigenvalue weighted by Gasteiger charge is -2.24. The zero-order valence-corrected chi connectivity index (χ0v) is 18.7. The van der Waals surface area contributed by atoms with Crippen LogP contribution in [0.2, 0.25) is 0 Å². The van der Waals surface area contributed by atoms with Crippen LogP contribution in [0.3, 0.4) is 0 Å². The van der Waals surface area contributed by atoms with Crippen molar-refractivity contribution >= 4 is 16.7 Å². The molecule has 1 unspecified atom stereocenters. The Morgan fingerprint density at radius 1 is 1.06 bits per heavy atom. The van der Waals surface area contributed by atoms with Gasteiger partial charge in [-0.1, -0.05) is 55.5 Å². The van der Waals surface area contributed by atoms with Crippen molar-refractivity contribution in [3.63, 3.8) is 0 Å². The topological polar surface area (TPSA) is 81.8 Å². The van der Waals surface area contributed by atoms with Gasteiger partial charge in [-0.3, -0.25) is 14.3 Å². The molecular formula is C26H27N5O2. The van der Waals surface area contributed by atoms with Gasteiger partial charge in [-0.25, -0.2) is 4.68 Å². The Kier molecular flexibility index (Phi) is 5.77. The van der Waals surface area contributed by atoms with Crippen LogP contribution in [0.1, 0.15) is 59.5 Å². The minimum Gasteiger partial charge on any atom is -0.344 e.